The number of rotatable bonds is 9. The topological polar surface area (TPSA) is 54.9 Å². The molecule has 0 bridgehead atoms. The summed E-state index contributed by atoms with van der Waals surface area (Å²) >= 11 is 0. The fourth-order valence-corrected chi connectivity index (χ4v) is 1.78. The lowest BCUT2D eigenvalue weighted by atomic mass is 10.1. The molecule has 0 aliphatic heterocycles. The van der Waals surface area contributed by atoms with Crippen molar-refractivity contribution in [2.24, 2.45) is 4.99 Å². The molecule has 2 N–H and O–H groups in total. The van der Waals surface area contributed by atoms with Gasteiger partial charge in [0.15, 0.2) is 5.96 Å². The summed E-state index contributed by atoms with van der Waals surface area (Å²) in [5, 5.41) is 6.55. The van der Waals surface area contributed by atoms with Crippen LogP contribution in [0.15, 0.2) is 29.3 Å². The van der Waals surface area contributed by atoms with Gasteiger partial charge >= 0.3 is 0 Å². The summed E-state index contributed by atoms with van der Waals surface area (Å²) < 4.78 is 11.1. The number of aliphatic imine (C=N–C) groups is 1. The van der Waals surface area contributed by atoms with Crippen LogP contribution in [0.1, 0.15) is 32.8 Å². The van der Waals surface area contributed by atoms with Crippen molar-refractivity contribution in [2.75, 3.05) is 33.4 Å². The zero-order chi connectivity index (χ0) is 17.1. The standard InChI is InChI=1S/C18H31N3O2/c1-6-19-17(21-14-18(3,4)22-5)20-12-7-13-23-16-10-8-15(2)9-11-16/h8-11H,6-7,12-14H2,1-5H3,(H2,19,20,21). The molecule has 1 aromatic rings. The van der Waals surface area contributed by atoms with Gasteiger partial charge < -0.3 is 20.1 Å². The quantitative estimate of drug-likeness (QED) is 0.417. The minimum atomic E-state index is -0.253. The molecule has 0 heterocycles. The van der Waals surface area contributed by atoms with Crippen molar-refractivity contribution in [2.45, 2.75) is 39.7 Å². The smallest absolute Gasteiger partial charge is 0.191 e. The minimum absolute atomic E-state index is 0.253. The minimum Gasteiger partial charge on any atom is -0.494 e. The average Bonchev–Trinajstić information content (AvgIpc) is 2.54. The summed E-state index contributed by atoms with van der Waals surface area (Å²) in [6.07, 6.45) is 0.909. The Hall–Kier alpha value is -1.75. The van der Waals surface area contributed by atoms with E-state index >= 15 is 0 Å². The number of hydrogen-bond donors (Lipinski definition) is 2. The highest BCUT2D eigenvalue weighted by Gasteiger charge is 2.15. The molecule has 0 aromatic heterocycles. The molecular weight excluding hydrogens is 290 g/mol. The molecule has 5 nitrogen and oxygen atoms in total. The van der Waals surface area contributed by atoms with Crippen LogP contribution in [0.5, 0.6) is 5.75 Å². The third kappa shape index (κ3) is 8.45. The number of hydrogen-bond acceptors (Lipinski definition) is 3. The van der Waals surface area contributed by atoms with Gasteiger partial charge in [0.2, 0.25) is 0 Å². The number of aryl methyl sites for hydroxylation is 1. The van der Waals surface area contributed by atoms with E-state index in [1.54, 1.807) is 7.11 Å². The van der Waals surface area contributed by atoms with Gasteiger partial charge in [0.1, 0.15) is 5.75 Å². The number of benzene rings is 1. The lowest BCUT2D eigenvalue weighted by Gasteiger charge is -2.21. The van der Waals surface area contributed by atoms with E-state index in [1.165, 1.54) is 5.56 Å². The van der Waals surface area contributed by atoms with Crippen LogP contribution in [0.3, 0.4) is 0 Å². The monoisotopic (exact) mass is 321 g/mol. The Morgan fingerprint density at radius 1 is 1.17 bits per heavy atom. The first-order valence-electron chi connectivity index (χ1n) is 8.23. The highest BCUT2D eigenvalue weighted by atomic mass is 16.5. The third-order valence-electron chi connectivity index (χ3n) is 3.42. The lowest BCUT2D eigenvalue weighted by molar-refractivity contribution is 0.0310. The Kier molecular flexibility index (Phi) is 8.48. The summed E-state index contributed by atoms with van der Waals surface area (Å²) in [5.41, 5.74) is 0.987. The molecule has 130 valence electrons. The van der Waals surface area contributed by atoms with Crippen LogP contribution in [0, 0.1) is 6.92 Å². The van der Waals surface area contributed by atoms with Crippen molar-refractivity contribution in [1.29, 1.82) is 0 Å². The second kappa shape index (κ2) is 10.1. The second-order valence-electron chi connectivity index (χ2n) is 6.10. The molecule has 0 fully saturated rings. The van der Waals surface area contributed by atoms with Crippen LogP contribution in [-0.4, -0.2) is 44.9 Å². The molecule has 5 heteroatoms. The number of ether oxygens (including phenoxy) is 2. The maximum Gasteiger partial charge on any atom is 0.191 e. The first-order valence-corrected chi connectivity index (χ1v) is 8.23. The summed E-state index contributed by atoms with van der Waals surface area (Å²) in [4.78, 5) is 4.55. The zero-order valence-electron chi connectivity index (χ0n) is 15.1. The van der Waals surface area contributed by atoms with Crippen LogP contribution in [0.2, 0.25) is 0 Å². The molecular formula is C18H31N3O2. The summed E-state index contributed by atoms with van der Waals surface area (Å²) in [5.74, 6) is 1.73. The fourth-order valence-electron chi connectivity index (χ4n) is 1.78. The molecule has 0 saturated carbocycles. The summed E-state index contributed by atoms with van der Waals surface area (Å²) in [7, 11) is 1.71. The van der Waals surface area contributed by atoms with Gasteiger partial charge in [0.25, 0.3) is 0 Å². The van der Waals surface area contributed by atoms with E-state index < -0.39 is 0 Å². The fraction of sp³-hybridized carbons (Fsp3) is 0.611. The van der Waals surface area contributed by atoms with E-state index in [-0.39, 0.29) is 5.60 Å². The molecule has 0 spiro atoms. The Morgan fingerprint density at radius 3 is 2.48 bits per heavy atom. The molecule has 1 aromatic carbocycles. The Balaban J connectivity index is 2.29. The van der Waals surface area contributed by atoms with Crippen molar-refractivity contribution in [3.8, 4) is 5.75 Å². The number of nitrogens with one attached hydrogen (secondary N) is 2. The predicted octanol–water partition coefficient (Wildman–Crippen LogP) is 2.74. The van der Waals surface area contributed by atoms with Crippen molar-refractivity contribution in [3.63, 3.8) is 0 Å². The molecule has 0 aliphatic rings. The highest BCUT2D eigenvalue weighted by molar-refractivity contribution is 5.79. The van der Waals surface area contributed by atoms with E-state index in [2.05, 4.69) is 41.6 Å². The largest absolute Gasteiger partial charge is 0.494 e. The molecule has 0 radical (unpaired) electrons. The molecule has 23 heavy (non-hydrogen) atoms. The Labute approximate surface area is 140 Å². The molecule has 0 amide bonds. The van der Waals surface area contributed by atoms with Gasteiger partial charge in [-0.2, -0.15) is 0 Å². The van der Waals surface area contributed by atoms with Gasteiger partial charge in [-0.05, 0) is 46.2 Å². The molecule has 0 atom stereocenters. The van der Waals surface area contributed by atoms with E-state index in [0.717, 1.165) is 31.2 Å². The number of nitrogens with zero attached hydrogens (tertiary/aromatic N) is 1. The van der Waals surface area contributed by atoms with Crippen molar-refractivity contribution < 1.29 is 9.47 Å². The lowest BCUT2D eigenvalue weighted by Crippen LogP contribution is -2.39. The predicted molar refractivity (Wildman–Crippen MR) is 96.4 cm³/mol. The summed E-state index contributed by atoms with van der Waals surface area (Å²) in [6.45, 7) is 11.1. The number of methoxy groups -OCH3 is 1. The van der Waals surface area contributed by atoms with E-state index in [9.17, 15) is 0 Å². The van der Waals surface area contributed by atoms with Crippen molar-refractivity contribution in [1.82, 2.24) is 10.6 Å². The van der Waals surface area contributed by atoms with Gasteiger partial charge in [0, 0.05) is 20.2 Å². The van der Waals surface area contributed by atoms with Crippen LogP contribution in [0.25, 0.3) is 0 Å². The van der Waals surface area contributed by atoms with E-state index in [1.807, 2.05) is 26.0 Å². The molecule has 0 saturated heterocycles. The zero-order valence-corrected chi connectivity index (χ0v) is 15.1. The Bertz CT molecular complexity index is 470. The third-order valence-corrected chi connectivity index (χ3v) is 3.42. The molecule has 0 unspecified atom stereocenters. The van der Waals surface area contributed by atoms with Gasteiger partial charge in [-0.3, -0.25) is 4.99 Å². The van der Waals surface area contributed by atoms with Crippen LogP contribution in [-0.2, 0) is 4.74 Å². The van der Waals surface area contributed by atoms with E-state index in [0.29, 0.717) is 13.2 Å². The van der Waals surface area contributed by atoms with E-state index in [4.69, 9.17) is 9.47 Å². The first-order chi connectivity index (χ1) is 11.0. The first kappa shape index (κ1) is 19.3. The van der Waals surface area contributed by atoms with Crippen molar-refractivity contribution in [3.05, 3.63) is 29.8 Å². The highest BCUT2D eigenvalue weighted by Crippen LogP contribution is 2.11. The van der Waals surface area contributed by atoms with Gasteiger partial charge in [0.05, 0.1) is 18.8 Å². The SMILES string of the molecule is CCNC(=NCC(C)(C)OC)NCCCOc1ccc(C)cc1. The van der Waals surface area contributed by atoms with Crippen LogP contribution in [0.4, 0.5) is 0 Å². The van der Waals surface area contributed by atoms with Crippen LogP contribution >= 0.6 is 0 Å². The second-order valence-corrected chi connectivity index (χ2v) is 6.10. The normalized spacial score (nSPS) is 12.1. The average molecular weight is 321 g/mol. The maximum atomic E-state index is 5.71. The number of guanidine groups is 1. The molecule has 1 rings (SSSR count). The van der Waals surface area contributed by atoms with Gasteiger partial charge in [-0.1, -0.05) is 17.7 Å². The van der Waals surface area contributed by atoms with Gasteiger partial charge in [-0.15, -0.1) is 0 Å². The summed E-state index contributed by atoms with van der Waals surface area (Å²) in [6, 6.07) is 8.12. The van der Waals surface area contributed by atoms with Crippen molar-refractivity contribution >= 4 is 5.96 Å². The Morgan fingerprint density at radius 2 is 1.87 bits per heavy atom. The molecule has 0 aliphatic carbocycles. The van der Waals surface area contributed by atoms with Gasteiger partial charge in [-0.25, -0.2) is 0 Å². The maximum absolute atomic E-state index is 5.71. The van der Waals surface area contributed by atoms with Crippen LogP contribution < -0.4 is 15.4 Å².